The Morgan fingerprint density at radius 1 is 1.24 bits per heavy atom. The van der Waals surface area contributed by atoms with Crippen LogP contribution in [0.25, 0.3) is 11.0 Å². The van der Waals surface area contributed by atoms with Gasteiger partial charge >= 0.3 is 0 Å². The number of aryl methyl sites for hydroxylation is 1. The van der Waals surface area contributed by atoms with Crippen LogP contribution in [0.2, 0.25) is 0 Å². The van der Waals surface area contributed by atoms with Crippen molar-refractivity contribution in [3.63, 3.8) is 0 Å². The molecule has 1 aromatic carbocycles. The van der Waals surface area contributed by atoms with Crippen molar-refractivity contribution < 1.29 is 13.6 Å². The molecule has 0 atom stereocenters. The third-order valence-electron chi connectivity index (χ3n) is 3.79. The van der Waals surface area contributed by atoms with E-state index in [9.17, 15) is 4.79 Å². The van der Waals surface area contributed by atoms with Crippen molar-refractivity contribution in [1.82, 2.24) is 10.2 Å². The van der Waals surface area contributed by atoms with Gasteiger partial charge in [-0.15, -0.1) is 0 Å². The molecule has 0 bridgehead atoms. The molecule has 2 aromatic heterocycles. The van der Waals surface area contributed by atoms with Crippen LogP contribution in [-0.2, 0) is 17.9 Å². The lowest BCUT2D eigenvalue weighted by atomic mass is 10.2. The lowest BCUT2D eigenvalue weighted by Crippen LogP contribution is -2.36. The van der Waals surface area contributed by atoms with E-state index in [1.165, 1.54) is 5.56 Å². The highest BCUT2D eigenvalue weighted by molar-refractivity contribution is 5.79. The summed E-state index contributed by atoms with van der Waals surface area (Å²) < 4.78 is 11.3. The van der Waals surface area contributed by atoms with E-state index < -0.39 is 0 Å². The maximum absolute atomic E-state index is 12.0. The van der Waals surface area contributed by atoms with Gasteiger partial charge in [-0.1, -0.05) is 11.6 Å². The van der Waals surface area contributed by atoms with Gasteiger partial charge in [0.05, 0.1) is 32.0 Å². The summed E-state index contributed by atoms with van der Waals surface area (Å²) in [7, 11) is 0. The number of furan rings is 2. The minimum Gasteiger partial charge on any atom is -0.468 e. The van der Waals surface area contributed by atoms with E-state index >= 15 is 0 Å². The van der Waals surface area contributed by atoms with Crippen LogP contribution in [0.5, 0.6) is 0 Å². The molecule has 0 aliphatic rings. The Bertz CT molecular complexity index is 890. The zero-order chi connectivity index (χ0) is 17.6. The van der Waals surface area contributed by atoms with Gasteiger partial charge in [-0.25, -0.2) is 0 Å². The second kappa shape index (κ2) is 7.69. The molecule has 6 nitrogen and oxygen atoms in total. The zero-order valence-electron chi connectivity index (χ0n) is 14.0. The second-order valence-electron chi connectivity index (χ2n) is 5.91. The number of carbonyl (C=O) groups excluding carboxylic acids is 1. The SMILES string of the molecule is Cc1ccc2oc(CN(CC(=O)NCC#N)Cc3ccco3)cc2c1. The smallest absolute Gasteiger partial charge is 0.235 e. The summed E-state index contributed by atoms with van der Waals surface area (Å²) in [6, 6.07) is 13.6. The van der Waals surface area contributed by atoms with Crippen LogP contribution in [0.1, 0.15) is 17.1 Å². The number of carbonyl (C=O) groups is 1. The number of fused-ring (bicyclic) bond motifs is 1. The molecule has 0 saturated heterocycles. The van der Waals surface area contributed by atoms with Crippen LogP contribution in [0, 0.1) is 18.3 Å². The Kier molecular flexibility index (Phi) is 5.17. The third-order valence-corrected chi connectivity index (χ3v) is 3.79. The van der Waals surface area contributed by atoms with Crippen molar-refractivity contribution in [1.29, 1.82) is 5.26 Å². The highest BCUT2D eigenvalue weighted by atomic mass is 16.3. The standard InChI is InChI=1S/C19H19N3O3/c1-14-4-5-18-15(9-14)10-17(25-18)12-22(11-16-3-2-8-24-16)13-19(23)21-7-6-20/h2-5,8-10H,7,11-13H2,1H3,(H,21,23). The van der Waals surface area contributed by atoms with Crippen molar-refractivity contribution in [2.75, 3.05) is 13.1 Å². The van der Waals surface area contributed by atoms with Gasteiger partial charge in [0.2, 0.25) is 5.91 Å². The average Bonchev–Trinajstić information content (AvgIpc) is 3.21. The first kappa shape index (κ1) is 16.8. The molecule has 0 radical (unpaired) electrons. The average molecular weight is 337 g/mol. The molecule has 0 aliphatic heterocycles. The van der Waals surface area contributed by atoms with Crippen molar-refractivity contribution >= 4 is 16.9 Å². The van der Waals surface area contributed by atoms with Crippen molar-refractivity contribution in [2.24, 2.45) is 0 Å². The molecule has 3 rings (SSSR count). The molecular weight excluding hydrogens is 318 g/mol. The molecule has 1 amide bonds. The second-order valence-corrected chi connectivity index (χ2v) is 5.91. The van der Waals surface area contributed by atoms with Gasteiger partial charge in [-0.3, -0.25) is 9.69 Å². The summed E-state index contributed by atoms with van der Waals surface area (Å²) in [4.78, 5) is 13.9. The molecule has 0 fully saturated rings. The fourth-order valence-electron chi connectivity index (χ4n) is 2.70. The number of nitrogens with zero attached hydrogens (tertiary/aromatic N) is 2. The fourth-order valence-corrected chi connectivity index (χ4v) is 2.70. The first-order valence-corrected chi connectivity index (χ1v) is 8.01. The molecular formula is C19H19N3O3. The van der Waals surface area contributed by atoms with Gasteiger partial charge < -0.3 is 14.2 Å². The van der Waals surface area contributed by atoms with Crippen molar-refractivity contribution in [3.8, 4) is 6.07 Å². The van der Waals surface area contributed by atoms with Crippen molar-refractivity contribution in [2.45, 2.75) is 20.0 Å². The Balaban J connectivity index is 1.75. The molecule has 1 N–H and O–H groups in total. The van der Waals surface area contributed by atoms with Gasteiger partial charge in [-0.05, 0) is 37.3 Å². The maximum atomic E-state index is 12.0. The van der Waals surface area contributed by atoms with Crippen LogP contribution in [-0.4, -0.2) is 23.9 Å². The van der Waals surface area contributed by atoms with E-state index in [-0.39, 0.29) is 19.0 Å². The van der Waals surface area contributed by atoms with E-state index in [4.69, 9.17) is 14.1 Å². The fraction of sp³-hybridized carbons (Fsp3) is 0.263. The van der Waals surface area contributed by atoms with Gasteiger partial charge in [0.1, 0.15) is 23.6 Å². The molecule has 6 heteroatoms. The number of nitriles is 1. The summed E-state index contributed by atoms with van der Waals surface area (Å²) in [5.74, 6) is 1.33. The Morgan fingerprint density at radius 2 is 2.08 bits per heavy atom. The summed E-state index contributed by atoms with van der Waals surface area (Å²) in [6.07, 6.45) is 1.60. The van der Waals surface area contributed by atoms with E-state index in [0.717, 1.165) is 22.5 Å². The normalized spacial score (nSPS) is 10.9. The molecule has 2 heterocycles. The quantitative estimate of drug-likeness (QED) is 0.670. The minimum absolute atomic E-state index is 0.00264. The summed E-state index contributed by atoms with van der Waals surface area (Å²) >= 11 is 0. The highest BCUT2D eigenvalue weighted by Gasteiger charge is 2.15. The summed E-state index contributed by atoms with van der Waals surface area (Å²) in [6.45, 7) is 3.13. The van der Waals surface area contributed by atoms with Gasteiger partial charge in [-0.2, -0.15) is 5.26 Å². The van der Waals surface area contributed by atoms with Gasteiger partial charge in [0.15, 0.2) is 0 Å². The van der Waals surface area contributed by atoms with Gasteiger partial charge in [0.25, 0.3) is 0 Å². The van der Waals surface area contributed by atoms with Crippen LogP contribution in [0.4, 0.5) is 0 Å². The first-order valence-electron chi connectivity index (χ1n) is 8.01. The lowest BCUT2D eigenvalue weighted by molar-refractivity contribution is -0.122. The lowest BCUT2D eigenvalue weighted by Gasteiger charge is -2.19. The monoisotopic (exact) mass is 337 g/mol. The molecule has 0 aliphatic carbocycles. The molecule has 3 aromatic rings. The van der Waals surface area contributed by atoms with Gasteiger partial charge in [0, 0.05) is 5.39 Å². The van der Waals surface area contributed by atoms with Crippen LogP contribution in [0.15, 0.2) is 51.5 Å². The molecule has 0 spiro atoms. The third kappa shape index (κ3) is 4.49. The molecule has 25 heavy (non-hydrogen) atoms. The van der Waals surface area contributed by atoms with E-state index in [1.807, 2.05) is 48.2 Å². The Morgan fingerprint density at radius 3 is 2.84 bits per heavy atom. The predicted molar refractivity (Wildman–Crippen MR) is 92.4 cm³/mol. The first-order chi connectivity index (χ1) is 12.1. The predicted octanol–water partition coefficient (Wildman–Crippen LogP) is 2.98. The van der Waals surface area contributed by atoms with Crippen LogP contribution in [0.3, 0.4) is 0 Å². The summed E-state index contributed by atoms with van der Waals surface area (Å²) in [5, 5.41) is 12.2. The number of hydrogen-bond donors (Lipinski definition) is 1. The number of nitrogens with one attached hydrogen (secondary N) is 1. The number of hydrogen-bond acceptors (Lipinski definition) is 5. The minimum atomic E-state index is -0.208. The Labute approximate surface area is 145 Å². The molecule has 0 saturated carbocycles. The van der Waals surface area contributed by atoms with E-state index in [0.29, 0.717) is 13.1 Å². The highest BCUT2D eigenvalue weighted by Crippen LogP contribution is 2.22. The summed E-state index contributed by atoms with van der Waals surface area (Å²) in [5.41, 5.74) is 2.00. The van der Waals surface area contributed by atoms with Crippen LogP contribution < -0.4 is 5.32 Å². The van der Waals surface area contributed by atoms with E-state index in [1.54, 1.807) is 6.26 Å². The maximum Gasteiger partial charge on any atom is 0.235 e. The number of benzene rings is 1. The van der Waals surface area contributed by atoms with E-state index in [2.05, 4.69) is 11.4 Å². The number of amides is 1. The zero-order valence-corrected chi connectivity index (χ0v) is 14.0. The van der Waals surface area contributed by atoms with Crippen molar-refractivity contribution in [3.05, 3.63) is 59.7 Å². The molecule has 0 unspecified atom stereocenters. The Hall–Kier alpha value is -3.04. The van der Waals surface area contributed by atoms with Crippen LogP contribution >= 0.6 is 0 Å². The molecule has 128 valence electrons. The largest absolute Gasteiger partial charge is 0.468 e. The topological polar surface area (TPSA) is 82.4 Å². The number of rotatable bonds is 7.